The molecule has 0 aliphatic rings. The molecule has 0 saturated heterocycles. The fourth-order valence-corrected chi connectivity index (χ4v) is 2.50. The van der Waals surface area contributed by atoms with E-state index in [9.17, 15) is 5.11 Å². The lowest BCUT2D eigenvalue weighted by Crippen LogP contribution is -1.98. The Morgan fingerprint density at radius 2 is 2.11 bits per heavy atom. The maximum Gasteiger partial charge on any atom is 0.131 e. The maximum atomic E-state index is 9.53. The van der Waals surface area contributed by atoms with E-state index in [1.165, 1.54) is 0 Å². The number of hydrogen-bond donors (Lipinski definition) is 1. The second-order valence-corrected chi connectivity index (χ2v) is 5.76. The zero-order valence-electron chi connectivity index (χ0n) is 11.5. The van der Waals surface area contributed by atoms with Crippen LogP contribution in [0.1, 0.15) is 49.1 Å². The van der Waals surface area contributed by atoms with Gasteiger partial charge in [-0.15, -0.1) is 11.3 Å². The van der Waals surface area contributed by atoms with Crippen LogP contribution in [0.15, 0.2) is 29.6 Å². The second kappa shape index (κ2) is 6.17. The van der Waals surface area contributed by atoms with Crippen molar-refractivity contribution in [2.24, 2.45) is 0 Å². The molecule has 1 N–H and O–H groups in total. The van der Waals surface area contributed by atoms with Gasteiger partial charge in [-0.2, -0.15) is 0 Å². The number of aromatic nitrogens is 1. The van der Waals surface area contributed by atoms with Gasteiger partial charge in [0.2, 0.25) is 0 Å². The third kappa shape index (κ3) is 3.78. The first-order valence-electron chi connectivity index (χ1n) is 6.41. The van der Waals surface area contributed by atoms with Crippen molar-refractivity contribution in [2.45, 2.75) is 39.4 Å². The molecule has 0 aliphatic heterocycles. The van der Waals surface area contributed by atoms with E-state index >= 15 is 0 Å². The number of rotatable bonds is 5. The van der Waals surface area contributed by atoms with Crippen LogP contribution in [0.4, 0.5) is 0 Å². The van der Waals surface area contributed by atoms with Crippen molar-refractivity contribution >= 4 is 11.3 Å². The molecule has 0 unspecified atom stereocenters. The summed E-state index contributed by atoms with van der Waals surface area (Å²) in [7, 11) is 0. The average Bonchev–Trinajstić information content (AvgIpc) is 2.85. The molecule has 0 spiro atoms. The Morgan fingerprint density at radius 1 is 1.32 bits per heavy atom. The molecule has 2 aromatic rings. The zero-order valence-corrected chi connectivity index (χ0v) is 12.3. The van der Waals surface area contributed by atoms with E-state index in [1.54, 1.807) is 18.3 Å². The van der Waals surface area contributed by atoms with Crippen molar-refractivity contribution in [3.05, 3.63) is 45.9 Å². The molecule has 1 atom stereocenters. The van der Waals surface area contributed by atoms with E-state index in [0.717, 1.165) is 22.0 Å². The lowest BCUT2D eigenvalue weighted by Gasteiger charge is -2.08. The molecule has 0 radical (unpaired) electrons. The Morgan fingerprint density at radius 3 is 2.74 bits per heavy atom. The van der Waals surface area contributed by atoms with E-state index in [2.05, 4.69) is 18.8 Å². The molecule has 0 aliphatic carbocycles. The molecule has 1 aromatic carbocycles. The molecule has 0 saturated carbocycles. The quantitative estimate of drug-likeness (QED) is 0.901. The van der Waals surface area contributed by atoms with Gasteiger partial charge in [0, 0.05) is 11.3 Å². The molecular weight excluding hydrogens is 258 g/mol. The maximum absolute atomic E-state index is 9.53. The molecule has 1 aromatic heterocycles. The molecular formula is C15H19NO2S. The fourth-order valence-electron chi connectivity index (χ4n) is 1.68. The second-order valence-electron chi connectivity index (χ2n) is 4.87. The van der Waals surface area contributed by atoms with E-state index in [4.69, 9.17) is 4.74 Å². The van der Waals surface area contributed by atoms with Crippen molar-refractivity contribution < 1.29 is 9.84 Å². The van der Waals surface area contributed by atoms with Gasteiger partial charge < -0.3 is 9.84 Å². The van der Waals surface area contributed by atoms with Gasteiger partial charge in [0.05, 0.1) is 16.8 Å². The van der Waals surface area contributed by atoms with Crippen LogP contribution in [-0.2, 0) is 6.61 Å². The molecule has 19 heavy (non-hydrogen) atoms. The predicted octanol–water partition coefficient (Wildman–Crippen LogP) is 3.90. The summed E-state index contributed by atoms with van der Waals surface area (Å²) in [5.74, 6) is 1.22. The molecule has 0 fully saturated rings. The van der Waals surface area contributed by atoms with Crippen molar-refractivity contribution in [3.63, 3.8) is 0 Å². The third-order valence-electron chi connectivity index (χ3n) is 2.79. The minimum atomic E-state index is -0.477. The van der Waals surface area contributed by atoms with Crippen LogP contribution in [0.3, 0.4) is 0 Å². The Bertz CT molecular complexity index is 534. The highest BCUT2D eigenvalue weighted by Crippen LogP contribution is 2.22. The van der Waals surface area contributed by atoms with Crippen LogP contribution in [-0.4, -0.2) is 10.1 Å². The number of hydrogen-bond acceptors (Lipinski definition) is 4. The largest absolute Gasteiger partial charge is 0.487 e. The molecule has 0 amide bonds. The van der Waals surface area contributed by atoms with Crippen molar-refractivity contribution in [3.8, 4) is 5.75 Å². The summed E-state index contributed by atoms with van der Waals surface area (Å²) >= 11 is 1.67. The smallest absolute Gasteiger partial charge is 0.131 e. The Balaban J connectivity index is 1.99. The van der Waals surface area contributed by atoms with E-state index in [0.29, 0.717) is 12.5 Å². The van der Waals surface area contributed by atoms with E-state index in [-0.39, 0.29) is 0 Å². The van der Waals surface area contributed by atoms with Gasteiger partial charge in [-0.1, -0.05) is 26.0 Å². The van der Waals surface area contributed by atoms with Gasteiger partial charge in [0.25, 0.3) is 0 Å². The minimum Gasteiger partial charge on any atom is -0.487 e. The van der Waals surface area contributed by atoms with Crippen LogP contribution in [0.5, 0.6) is 5.75 Å². The van der Waals surface area contributed by atoms with Crippen LogP contribution in [0, 0.1) is 0 Å². The molecule has 102 valence electrons. The Kier molecular flexibility index (Phi) is 4.56. The highest BCUT2D eigenvalue weighted by atomic mass is 32.1. The van der Waals surface area contributed by atoms with Crippen LogP contribution in [0.2, 0.25) is 0 Å². The van der Waals surface area contributed by atoms with Gasteiger partial charge >= 0.3 is 0 Å². The highest BCUT2D eigenvalue weighted by Gasteiger charge is 2.07. The topological polar surface area (TPSA) is 42.4 Å². The molecule has 4 heteroatoms. The summed E-state index contributed by atoms with van der Waals surface area (Å²) in [6.45, 7) is 6.48. The first-order valence-corrected chi connectivity index (χ1v) is 7.29. The highest BCUT2D eigenvalue weighted by molar-refractivity contribution is 7.09. The number of thiazole rings is 1. The third-order valence-corrected chi connectivity index (χ3v) is 3.98. The molecule has 1 heterocycles. The first-order chi connectivity index (χ1) is 9.06. The lowest BCUT2D eigenvalue weighted by atomic mass is 10.1. The number of benzene rings is 1. The normalized spacial score (nSPS) is 12.7. The van der Waals surface area contributed by atoms with Gasteiger partial charge in [-0.25, -0.2) is 4.98 Å². The van der Waals surface area contributed by atoms with Crippen molar-refractivity contribution in [1.29, 1.82) is 0 Å². The summed E-state index contributed by atoms with van der Waals surface area (Å²) in [6.07, 6.45) is -0.477. The summed E-state index contributed by atoms with van der Waals surface area (Å²) < 4.78 is 5.71. The van der Waals surface area contributed by atoms with Crippen LogP contribution in [0.25, 0.3) is 0 Å². The summed E-state index contributed by atoms with van der Waals surface area (Å²) in [6, 6.07) is 7.53. The molecule has 0 bridgehead atoms. The fraction of sp³-hybridized carbons (Fsp3) is 0.400. The Labute approximate surface area is 117 Å². The molecule has 3 nitrogen and oxygen atoms in total. The summed E-state index contributed by atoms with van der Waals surface area (Å²) in [5, 5.41) is 12.7. The number of nitrogens with zero attached hydrogens (tertiary/aromatic N) is 1. The van der Waals surface area contributed by atoms with Crippen LogP contribution < -0.4 is 4.74 Å². The monoisotopic (exact) mass is 277 g/mol. The minimum absolute atomic E-state index is 0.456. The van der Waals surface area contributed by atoms with E-state index in [1.807, 2.05) is 29.6 Å². The first kappa shape index (κ1) is 14.0. The van der Waals surface area contributed by atoms with Crippen molar-refractivity contribution in [1.82, 2.24) is 4.98 Å². The van der Waals surface area contributed by atoms with Gasteiger partial charge in [0.1, 0.15) is 12.4 Å². The zero-order chi connectivity index (χ0) is 13.8. The summed E-state index contributed by atoms with van der Waals surface area (Å²) in [5.41, 5.74) is 1.81. The van der Waals surface area contributed by atoms with E-state index < -0.39 is 6.10 Å². The van der Waals surface area contributed by atoms with Crippen LogP contribution >= 0.6 is 11.3 Å². The predicted molar refractivity (Wildman–Crippen MR) is 77.6 cm³/mol. The van der Waals surface area contributed by atoms with Crippen molar-refractivity contribution in [2.75, 3.05) is 0 Å². The standard InChI is InChI=1S/C15H19NO2S/c1-10(2)15-16-13(9-19-15)8-18-14-6-4-5-12(7-14)11(3)17/h4-7,9-11,17H,8H2,1-3H3/t11-/m0/s1. The average molecular weight is 277 g/mol. The number of aliphatic hydroxyl groups excluding tert-OH is 1. The lowest BCUT2D eigenvalue weighted by molar-refractivity contribution is 0.198. The van der Waals surface area contributed by atoms with Gasteiger partial charge in [-0.05, 0) is 24.6 Å². The van der Waals surface area contributed by atoms with Gasteiger partial charge in [-0.3, -0.25) is 0 Å². The Hall–Kier alpha value is -1.39. The number of ether oxygens (including phenoxy) is 1. The van der Waals surface area contributed by atoms with Gasteiger partial charge in [0.15, 0.2) is 0 Å². The number of aliphatic hydroxyl groups is 1. The molecule has 2 rings (SSSR count). The summed E-state index contributed by atoms with van der Waals surface area (Å²) in [4.78, 5) is 4.53. The SMILES string of the molecule is CC(C)c1nc(COc2cccc([C@H](C)O)c2)cs1.